The van der Waals surface area contributed by atoms with Gasteiger partial charge in [-0.05, 0) is 42.7 Å². The number of carbonyl (C=O) groups is 2. The Morgan fingerprint density at radius 1 is 1.09 bits per heavy atom. The number of methoxy groups -OCH3 is 1. The molecule has 3 amide bonds. The maximum absolute atomic E-state index is 13.4. The largest absolute Gasteiger partial charge is 0.497 e. The summed E-state index contributed by atoms with van der Waals surface area (Å²) in [6.45, 7) is 2.47. The number of hydrogen-bond acceptors (Lipinski definition) is 4. The molecule has 1 saturated heterocycles. The Balaban J connectivity index is 1.39. The van der Waals surface area contributed by atoms with Gasteiger partial charge in [-0.1, -0.05) is 43.2 Å². The van der Waals surface area contributed by atoms with Crippen molar-refractivity contribution in [3.8, 4) is 5.75 Å². The van der Waals surface area contributed by atoms with Crippen LogP contribution in [0.1, 0.15) is 41.6 Å². The Hall–Kier alpha value is -3.06. The van der Waals surface area contributed by atoms with E-state index in [1.807, 2.05) is 59.5 Å². The first-order valence-corrected chi connectivity index (χ1v) is 11.8. The van der Waals surface area contributed by atoms with E-state index in [0.717, 1.165) is 37.0 Å². The molecule has 176 valence electrons. The van der Waals surface area contributed by atoms with Gasteiger partial charge in [0.15, 0.2) is 0 Å². The molecule has 0 radical (unpaired) electrons. The first kappa shape index (κ1) is 23.1. The zero-order valence-electron chi connectivity index (χ0n) is 19.2. The summed E-state index contributed by atoms with van der Waals surface area (Å²) in [7, 11) is 1.61. The Morgan fingerprint density at radius 2 is 1.82 bits per heavy atom. The number of nitrogens with one attached hydrogen (secondary N) is 1. The fraction of sp³-hybridized carbons (Fsp3) is 0.462. The average Bonchev–Trinajstić information content (AvgIpc) is 3.41. The first-order valence-electron chi connectivity index (χ1n) is 11.8. The first-order chi connectivity index (χ1) is 16.1. The highest BCUT2D eigenvalue weighted by molar-refractivity contribution is 5.94. The molecule has 1 aliphatic carbocycles. The second-order valence-corrected chi connectivity index (χ2v) is 8.71. The molecule has 1 unspecified atom stereocenters. The van der Waals surface area contributed by atoms with E-state index in [4.69, 9.17) is 9.47 Å². The fourth-order valence-electron chi connectivity index (χ4n) is 4.63. The maximum atomic E-state index is 13.4. The molecule has 7 heteroatoms. The second kappa shape index (κ2) is 11.2. The van der Waals surface area contributed by atoms with Gasteiger partial charge in [-0.15, -0.1) is 0 Å². The Kier molecular flexibility index (Phi) is 7.83. The third-order valence-electron chi connectivity index (χ3n) is 6.48. The van der Waals surface area contributed by atoms with Crippen molar-refractivity contribution in [3.63, 3.8) is 0 Å². The summed E-state index contributed by atoms with van der Waals surface area (Å²) >= 11 is 0. The van der Waals surface area contributed by atoms with E-state index in [1.54, 1.807) is 12.0 Å². The lowest BCUT2D eigenvalue weighted by molar-refractivity contribution is -0.0322. The number of benzene rings is 2. The molecule has 2 aromatic rings. The Morgan fingerprint density at radius 3 is 2.52 bits per heavy atom. The molecule has 1 aliphatic heterocycles. The van der Waals surface area contributed by atoms with Crippen molar-refractivity contribution in [2.75, 3.05) is 33.4 Å². The number of carbonyl (C=O) groups excluding carboxylic acids is 2. The molecular weight excluding hydrogens is 418 g/mol. The quantitative estimate of drug-likeness (QED) is 0.697. The summed E-state index contributed by atoms with van der Waals surface area (Å²) in [5, 5.41) is 3.00. The van der Waals surface area contributed by atoms with Crippen molar-refractivity contribution in [1.29, 1.82) is 0 Å². The number of nitrogens with zero attached hydrogens (tertiary/aromatic N) is 2. The minimum atomic E-state index is -0.205. The molecule has 1 N–H and O–H groups in total. The lowest BCUT2D eigenvalue weighted by atomic mass is 10.1. The van der Waals surface area contributed by atoms with E-state index in [2.05, 4.69) is 5.32 Å². The summed E-state index contributed by atoms with van der Waals surface area (Å²) < 4.78 is 11.2. The highest BCUT2D eigenvalue weighted by atomic mass is 16.5. The predicted octanol–water partition coefficient (Wildman–Crippen LogP) is 3.69. The number of hydrogen-bond donors (Lipinski definition) is 1. The van der Waals surface area contributed by atoms with Crippen LogP contribution in [0.3, 0.4) is 0 Å². The van der Waals surface area contributed by atoms with Crippen LogP contribution in [0.25, 0.3) is 0 Å². The Labute approximate surface area is 195 Å². The zero-order chi connectivity index (χ0) is 23.0. The van der Waals surface area contributed by atoms with Crippen molar-refractivity contribution in [2.45, 2.75) is 44.4 Å². The minimum Gasteiger partial charge on any atom is -0.497 e. The van der Waals surface area contributed by atoms with E-state index in [9.17, 15) is 9.59 Å². The van der Waals surface area contributed by atoms with Crippen molar-refractivity contribution >= 4 is 11.9 Å². The average molecular weight is 452 g/mol. The van der Waals surface area contributed by atoms with Crippen LogP contribution in [0.2, 0.25) is 0 Å². The van der Waals surface area contributed by atoms with Crippen molar-refractivity contribution < 1.29 is 19.1 Å². The summed E-state index contributed by atoms with van der Waals surface area (Å²) in [5.74, 6) is 0.741. The van der Waals surface area contributed by atoms with Crippen LogP contribution in [0, 0.1) is 0 Å². The lowest BCUT2D eigenvalue weighted by Crippen LogP contribution is -2.54. The van der Waals surface area contributed by atoms with Crippen LogP contribution in [0.4, 0.5) is 4.79 Å². The molecule has 1 atom stereocenters. The van der Waals surface area contributed by atoms with Crippen molar-refractivity contribution in [1.82, 2.24) is 15.1 Å². The van der Waals surface area contributed by atoms with Gasteiger partial charge in [-0.2, -0.15) is 0 Å². The van der Waals surface area contributed by atoms with Crippen molar-refractivity contribution in [2.24, 2.45) is 0 Å². The van der Waals surface area contributed by atoms with Gasteiger partial charge in [0.2, 0.25) is 0 Å². The van der Waals surface area contributed by atoms with Gasteiger partial charge in [-0.3, -0.25) is 4.79 Å². The third kappa shape index (κ3) is 6.05. The molecule has 0 spiro atoms. The SMILES string of the molecule is COc1ccc(C(=O)N(CC2CN(C(=O)NCc3ccccc3)CCO2)C2CCCC2)cc1. The maximum Gasteiger partial charge on any atom is 0.317 e. The summed E-state index contributed by atoms with van der Waals surface area (Å²) in [4.78, 5) is 29.9. The highest BCUT2D eigenvalue weighted by Gasteiger charge is 2.32. The summed E-state index contributed by atoms with van der Waals surface area (Å²) in [5.41, 5.74) is 1.71. The van der Waals surface area contributed by atoms with Crippen LogP contribution < -0.4 is 10.1 Å². The number of rotatable bonds is 7. The minimum absolute atomic E-state index is 0.0128. The van der Waals surface area contributed by atoms with Crippen LogP contribution in [0.15, 0.2) is 54.6 Å². The van der Waals surface area contributed by atoms with E-state index in [-0.39, 0.29) is 24.1 Å². The van der Waals surface area contributed by atoms with Gasteiger partial charge < -0.3 is 24.6 Å². The molecule has 7 nitrogen and oxygen atoms in total. The van der Waals surface area contributed by atoms with E-state index in [0.29, 0.717) is 38.3 Å². The third-order valence-corrected chi connectivity index (χ3v) is 6.48. The summed E-state index contributed by atoms with van der Waals surface area (Å²) in [6, 6.07) is 17.2. The molecule has 33 heavy (non-hydrogen) atoms. The van der Waals surface area contributed by atoms with Crippen LogP contribution in [-0.4, -0.2) is 67.2 Å². The van der Waals surface area contributed by atoms with Gasteiger partial charge in [-0.25, -0.2) is 4.79 Å². The van der Waals surface area contributed by atoms with Gasteiger partial charge in [0, 0.05) is 31.2 Å². The smallest absolute Gasteiger partial charge is 0.317 e. The van der Waals surface area contributed by atoms with Gasteiger partial charge >= 0.3 is 6.03 Å². The molecule has 2 aliphatic rings. The lowest BCUT2D eigenvalue weighted by Gasteiger charge is -2.37. The summed E-state index contributed by atoms with van der Waals surface area (Å²) in [6.07, 6.45) is 4.09. The molecule has 0 bridgehead atoms. The topological polar surface area (TPSA) is 71.1 Å². The molecule has 1 saturated carbocycles. The van der Waals surface area contributed by atoms with Gasteiger partial charge in [0.25, 0.3) is 5.91 Å². The zero-order valence-corrected chi connectivity index (χ0v) is 19.2. The second-order valence-electron chi connectivity index (χ2n) is 8.71. The predicted molar refractivity (Wildman–Crippen MR) is 126 cm³/mol. The molecule has 4 rings (SSSR count). The standard InChI is InChI=1S/C26H33N3O4/c1-32-23-13-11-21(12-14-23)25(30)29(22-9-5-6-10-22)19-24-18-28(15-16-33-24)26(31)27-17-20-7-3-2-4-8-20/h2-4,7-8,11-14,22,24H,5-6,9-10,15-19H2,1H3,(H,27,31). The number of amides is 3. The monoisotopic (exact) mass is 451 g/mol. The normalized spacial score (nSPS) is 18.7. The molecule has 1 heterocycles. The molecule has 2 fully saturated rings. The number of urea groups is 1. The van der Waals surface area contributed by atoms with E-state index < -0.39 is 0 Å². The number of morpholine rings is 1. The number of ether oxygens (including phenoxy) is 2. The highest BCUT2D eigenvalue weighted by Crippen LogP contribution is 2.26. The molecular formula is C26H33N3O4. The van der Waals surface area contributed by atoms with E-state index in [1.165, 1.54) is 0 Å². The van der Waals surface area contributed by atoms with Crippen LogP contribution >= 0.6 is 0 Å². The van der Waals surface area contributed by atoms with Crippen molar-refractivity contribution in [3.05, 3.63) is 65.7 Å². The Bertz CT molecular complexity index is 913. The van der Waals surface area contributed by atoms with Gasteiger partial charge in [0.1, 0.15) is 5.75 Å². The fourth-order valence-corrected chi connectivity index (χ4v) is 4.63. The van der Waals surface area contributed by atoms with Crippen LogP contribution in [-0.2, 0) is 11.3 Å². The van der Waals surface area contributed by atoms with Gasteiger partial charge in [0.05, 0.1) is 26.4 Å². The van der Waals surface area contributed by atoms with E-state index >= 15 is 0 Å². The van der Waals surface area contributed by atoms with Crippen LogP contribution in [0.5, 0.6) is 5.75 Å². The molecule has 2 aromatic carbocycles. The molecule has 0 aromatic heterocycles.